The Morgan fingerprint density at radius 3 is 1.65 bits per heavy atom. The molecule has 4 aliphatic heterocycles. The number of benzene rings is 3. The molecule has 0 radical (unpaired) electrons. The Balaban J connectivity index is 0.000000180. The van der Waals surface area contributed by atoms with E-state index in [-0.39, 0.29) is 29.5 Å². The molecule has 0 bridgehead atoms. The predicted molar refractivity (Wildman–Crippen MR) is 237 cm³/mol. The number of aromatic nitrogens is 2. The minimum absolute atomic E-state index is 0.0484. The van der Waals surface area contributed by atoms with E-state index in [1.807, 2.05) is 70.5 Å². The summed E-state index contributed by atoms with van der Waals surface area (Å²) in [5.41, 5.74) is 7.17. The second-order valence-electron chi connectivity index (χ2n) is 16.4. The van der Waals surface area contributed by atoms with Crippen molar-refractivity contribution < 1.29 is 28.6 Å². The number of piperazine rings is 2. The molecule has 0 saturated carbocycles. The van der Waals surface area contributed by atoms with Crippen LogP contribution in [-0.2, 0) is 0 Å². The fourth-order valence-electron chi connectivity index (χ4n) is 8.19. The average molecular weight is 841 g/mol. The third-order valence-electron chi connectivity index (χ3n) is 12.1. The first kappa shape index (κ1) is 42.5. The number of fused-ring (bicyclic) bond motifs is 2. The molecule has 322 valence electrons. The highest BCUT2D eigenvalue weighted by Crippen LogP contribution is 2.37. The number of likely N-dealkylation sites (N-methyl/N-ethyl adjacent to an activating group) is 2. The molecule has 2 amide bonds. The molecule has 3 aromatic carbocycles. The van der Waals surface area contributed by atoms with Crippen LogP contribution in [0.25, 0.3) is 22.3 Å². The van der Waals surface area contributed by atoms with Crippen LogP contribution in [0, 0.1) is 5.82 Å². The molecular weight excluding hydrogens is 788 g/mol. The molecule has 4 aliphatic rings. The number of hydrogen-bond acceptors (Lipinski definition) is 11. The van der Waals surface area contributed by atoms with Crippen molar-refractivity contribution in [2.45, 2.75) is 32.0 Å². The smallest absolute Gasteiger partial charge is 0.253 e. The molecule has 3 N–H and O–H groups in total. The van der Waals surface area contributed by atoms with Gasteiger partial charge < -0.3 is 40.1 Å². The fraction of sp³-hybridized carbons (Fsp3) is 0.354. The number of ketones is 1. The number of rotatable bonds is 7. The maximum Gasteiger partial charge on any atom is 0.253 e. The molecule has 9 rings (SSSR count). The quantitative estimate of drug-likeness (QED) is 0.157. The van der Waals surface area contributed by atoms with E-state index < -0.39 is 11.9 Å². The zero-order valence-electron chi connectivity index (χ0n) is 35.4. The number of nitrogens with zero attached hydrogens (tertiary/aromatic N) is 6. The number of carbonyl (C=O) groups is 3. The van der Waals surface area contributed by atoms with Gasteiger partial charge in [0.05, 0.1) is 11.7 Å². The van der Waals surface area contributed by atoms with Crippen molar-refractivity contribution in [2.75, 3.05) is 90.2 Å². The molecule has 2 fully saturated rings. The van der Waals surface area contributed by atoms with Crippen LogP contribution in [0.15, 0.2) is 91.3 Å². The van der Waals surface area contributed by atoms with Crippen LogP contribution in [0.1, 0.15) is 74.2 Å². The van der Waals surface area contributed by atoms with Crippen LogP contribution in [0.2, 0.25) is 0 Å². The van der Waals surface area contributed by atoms with Crippen LogP contribution in [0.5, 0.6) is 5.75 Å². The number of anilines is 2. The maximum absolute atomic E-state index is 13.9. The topological polar surface area (TPSA) is 143 Å². The SMILES string of the molecule is CC(=O)c1ccc(F)cc1OC1CCNc2ncc(-c3ccc(C(=O)N4CCN(C)CC4)cc3)cc21.CN1CCN(C(=O)c2ccc(-c3cnc4c(c3)C(O)CCN4)cc2)CC1. The summed E-state index contributed by atoms with van der Waals surface area (Å²) in [6, 6.07) is 23.2. The van der Waals surface area contributed by atoms with Gasteiger partial charge in [-0.1, -0.05) is 24.3 Å². The lowest BCUT2D eigenvalue weighted by Gasteiger charge is -2.32. The van der Waals surface area contributed by atoms with Gasteiger partial charge >= 0.3 is 0 Å². The molecule has 2 atom stereocenters. The van der Waals surface area contributed by atoms with E-state index in [4.69, 9.17) is 4.74 Å². The number of aliphatic hydroxyl groups is 1. The molecule has 0 aliphatic carbocycles. The van der Waals surface area contributed by atoms with Crippen molar-refractivity contribution in [3.63, 3.8) is 0 Å². The van der Waals surface area contributed by atoms with E-state index in [1.165, 1.54) is 25.1 Å². The molecule has 2 saturated heterocycles. The molecule has 2 unspecified atom stereocenters. The van der Waals surface area contributed by atoms with E-state index in [1.54, 1.807) is 12.4 Å². The number of nitrogens with one attached hydrogen (secondary N) is 2. The summed E-state index contributed by atoms with van der Waals surface area (Å²) in [6.45, 7) is 9.44. The van der Waals surface area contributed by atoms with Gasteiger partial charge in [-0.05, 0) is 87.1 Å². The number of ether oxygens (including phenoxy) is 1. The maximum atomic E-state index is 13.9. The summed E-state index contributed by atoms with van der Waals surface area (Å²) in [4.78, 5) is 54.8. The number of aliphatic hydroxyl groups excluding tert-OH is 1. The van der Waals surface area contributed by atoms with Crippen molar-refractivity contribution in [3.8, 4) is 28.0 Å². The first-order valence-electron chi connectivity index (χ1n) is 21.3. The van der Waals surface area contributed by atoms with Gasteiger partial charge in [0.2, 0.25) is 0 Å². The summed E-state index contributed by atoms with van der Waals surface area (Å²) in [7, 11) is 4.14. The predicted octanol–water partition coefficient (Wildman–Crippen LogP) is 6.40. The summed E-state index contributed by atoms with van der Waals surface area (Å²) >= 11 is 0. The van der Waals surface area contributed by atoms with Gasteiger partial charge in [-0.3, -0.25) is 14.4 Å². The number of carbonyl (C=O) groups excluding carboxylic acids is 3. The molecular formula is C48H53FN8O5. The first-order valence-corrected chi connectivity index (χ1v) is 21.3. The van der Waals surface area contributed by atoms with E-state index in [0.29, 0.717) is 41.9 Å². The van der Waals surface area contributed by atoms with Gasteiger partial charge in [0.1, 0.15) is 29.3 Å². The van der Waals surface area contributed by atoms with Crippen LogP contribution in [-0.4, -0.2) is 132 Å². The van der Waals surface area contributed by atoms with Gasteiger partial charge in [0.15, 0.2) is 5.78 Å². The number of pyridine rings is 2. The van der Waals surface area contributed by atoms with Crippen molar-refractivity contribution in [1.29, 1.82) is 0 Å². The van der Waals surface area contributed by atoms with Crippen LogP contribution >= 0.6 is 0 Å². The summed E-state index contributed by atoms with van der Waals surface area (Å²) in [6.07, 6.45) is 4.07. The highest BCUT2D eigenvalue weighted by Gasteiger charge is 2.27. The number of halogens is 1. The van der Waals surface area contributed by atoms with Crippen LogP contribution < -0.4 is 15.4 Å². The van der Waals surface area contributed by atoms with Gasteiger partial charge in [-0.2, -0.15) is 0 Å². The Bertz CT molecular complexity index is 2410. The second-order valence-corrected chi connectivity index (χ2v) is 16.4. The van der Waals surface area contributed by atoms with Gasteiger partial charge in [0.25, 0.3) is 11.8 Å². The Morgan fingerprint density at radius 1 is 0.645 bits per heavy atom. The van der Waals surface area contributed by atoms with E-state index in [0.717, 1.165) is 98.1 Å². The summed E-state index contributed by atoms with van der Waals surface area (Å²) in [5.74, 6) is 1.20. The van der Waals surface area contributed by atoms with E-state index in [2.05, 4.69) is 44.5 Å². The molecule has 62 heavy (non-hydrogen) atoms. The van der Waals surface area contributed by atoms with Crippen LogP contribution in [0.3, 0.4) is 0 Å². The molecule has 0 spiro atoms. The molecule has 5 aromatic rings. The largest absolute Gasteiger partial charge is 0.485 e. The minimum atomic E-state index is -0.475. The molecule has 14 heteroatoms. The second kappa shape index (κ2) is 18.8. The first-order chi connectivity index (χ1) is 30.0. The normalized spacial score (nSPS) is 18.9. The standard InChI is InChI=1S/C28H29FN4O3.C20H24N4O2/c1-18(34)23-8-7-22(29)16-26(23)36-25-9-10-30-27-24(25)15-21(17-31-27)19-3-5-20(6-4-19)28(35)33-13-11-32(2)12-14-33;1-23-8-10-24(11-9-23)20(26)15-4-2-14(3-5-15)16-12-17-18(25)6-7-21-19(17)22-13-16/h3-8,15-17,25H,9-14H2,1-2H3,(H,30,31);2-5,12-13,18,25H,6-11H2,1H3,(H,21,22). The minimum Gasteiger partial charge on any atom is -0.485 e. The lowest BCUT2D eigenvalue weighted by molar-refractivity contribution is 0.0657. The van der Waals surface area contributed by atoms with E-state index in [9.17, 15) is 23.9 Å². The van der Waals surface area contributed by atoms with E-state index >= 15 is 0 Å². The third kappa shape index (κ3) is 9.62. The van der Waals surface area contributed by atoms with Gasteiger partial charge in [-0.25, -0.2) is 14.4 Å². The monoisotopic (exact) mass is 840 g/mol. The average Bonchev–Trinajstić information content (AvgIpc) is 3.29. The highest BCUT2D eigenvalue weighted by molar-refractivity contribution is 5.97. The molecule has 2 aromatic heterocycles. The highest BCUT2D eigenvalue weighted by atomic mass is 19.1. The van der Waals surface area contributed by atoms with Crippen molar-refractivity contribution in [2.24, 2.45) is 0 Å². The zero-order valence-corrected chi connectivity index (χ0v) is 35.4. The Hall–Kier alpha value is -6.22. The summed E-state index contributed by atoms with van der Waals surface area (Å²) in [5, 5.41) is 16.7. The van der Waals surface area contributed by atoms with Crippen LogP contribution in [0.4, 0.5) is 16.0 Å². The lowest BCUT2D eigenvalue weighted by atomic mass is 9.98. The Labute approximate surface area is 361 Å². The van der Waals surface area contributed by atoms with Gasteiger partial charge in [-0.15, -0.1) is 0 Å². The van der Waals surface area contributed by atoms with Crippen molar-refractivity contribution in [3.05, 3.63) is 125 Å². The molecule has 6 heterocycles. The van der Waals surface area contributed by atoms with Crippen molar-refractivity contribution in [1.82, 2.24) is 29.6 Å². The Kier molecular flexibility index (Phi) is 12.9. The Morgan fingerprint density at radius 2 is 1.13 bits per heavy atom. The van der Waals surface area contributed by atoms with Gasteiger partial charge in [0, 0.05) is 124 Å². The van der Waals surface area contributed by atoms with Crippen molar-refractivity contribution >= 4 is 29.2 Å². The lowest BCUT2D eigenvalue weighted by Crippen LogP contribution is -2.47. The number of Topliss-reactive ketones (excluding diaryl/α,β-unsaturated/α-hetero) is 1. The third-order valence-corrected chi connectivity index (χ3v) is 12.1. The molecule has 13 nitrogen and oxygen atoms in total. The number of amides is 2. The number of hydrogen-bond donors (Lipinski definition) is 3. The fourth-order valence-corrected chi connectivity index (χ4v) is 8.19. The zero-order chi connectivity index (χ0) is 43.3. The summed E-state index contributed by atoms with van der Waals surface area (Å²) < 4.78 is 20.1.